The Morgan fingerprint density at radius 2 is 1.19 bits per heavy atom. The maximum absolute atomic E-state index is 6.26. The SMILES string of the molecule is C1CCC(OCCN2CCC3CN(C(C4CCCCC4)C4CCCCC4)CC3C2)CC1. The number of piperidine rings is 1. The lowest BCUT2D eigenvalue weighted by Crippen LogP contribution is -2.46. The summed E-state index contributed by atoms with van der Waals surface area (Å²) in [5.41, 5.74) is 0. The fourth-order valence-electron chi connectivity index (χ4n) is 8.24. The third kappa shape index (κ3) is 5.87. The molecule has 3 saturated carbocycles. The summed E-state index contributed by atoms with van der Waals surface area (Å²) in [6, 6.07) is 0.925. The first-order valence-electron chi connectivity index (χ1n) is 14.4. The van der Waals surface area contributed by atoms with Gasteiger partial charge in [0.15, 0.2) is 0 Å². The van der Waals surface area contributed by atoms with Crippen molar-refractivity contribution in [3.63, 3.8) is 0 Å². The van der Waals surface area contributed by atoms with Gasteiger partial charge in [0.05, 0.1) is 12.7 Å². The van der Waals surface area contributed by atoms with Crippen LogP contribution in [0.2, 0.25) is 0 Å². The molecule has 3 aliphatic carbocycles. The second-order valence-electron chi connectivity index (χ2n) is 12.0. The Kier molecular flexibility index (Phi) is 8.29. The molecule has 0 radical (unpaired) electrons. The molecular formula is C28H50N2O. The number of ether oxygens (including phenoxy) is 1. The minimum atomic E-state index is 0.569. The molecule has 0 amide bonds. The van der Waals surface area contributed by atoms with Crippen molar-refractivity contribution in [2.24, 2.45) is 23.7 Å². The van der Waals surface area contributed by atoms with Crippen molar-refractivity contribution in [1.82, 2.24) is 9.80 Å². The van der Waals surface area contributed by atoms with Crippen molar-refractivity contribution in [3.05, 3.63) is 0 Å². The summed E-state index contributed by atoms with van der Waals surface area (Å²) in [6.07, 6.45) is 23.9. The molecule has 5 fully saturated rings. The van der Waals surface area contributed by atoms with Crippen LogP contribution < -0.4 is 0 Å². The normalized spacial score (nSPS) is 33.2. The summed E-state index contributed by atoms with van der Waals surface area (Å²) in [5, 5.41) is 0. The van der Waals surface area contributed by atoms with Gasteiger partial charge in [-0.05, 0) is 75.2 Å². The van der Waals surface area contributed by atoms with Gasteiger partial charge in [0, 0.05) is 32.2 Å². The third-order valence-electron chi connectivity index (χ3n) is 9.91. The van der Waals surface area contributed by atoms with Crippen molar-refractivity contribution >= 4 is 0 Å². The summed E-state index contributed by atoms with van der Waals surface area (Å²) in [5.74, 6) is 3.93. The number of nitrogens with zero attached hydrogens (tertiary/aromatic N) is 2. The van der Waals surface area contributed by atoms with Crippen molar-refractivity contribution in [2.45, 2.75) is 115 Å². The molecule has 0 N–H and O–H groups in total. The van der Waals surface area contributed by atoms with Crippen molar-refractivity contribution in [3.8, 4) is 0 Å². The molecule has 2 atom stereocenters. The van der Waals surface area contributed by atoms with Gasteiger partial charge in [-0.1, -0.05) is 57.8 Å². The van der Waals surface area contributed by atoms with Crippen LogP contribution in [0.4, 0.5) is 0 Å². The molecule has 31 heavy (non-hydrogen) atoms. The summed E-state index contributed by atoms with van der Waals surface area (Å²) < 4.78 is 6.26. The van der Waals surface area contributed by atoms with Crippen LogP contribution in [-0.4, -0.2) is 61.3 Å². The summed E-state index contributed by atoms with van der Waals surface area (Å²) in [4.78, 5) is 5.81. The van der Waals surface area contributed by atoms with E-state index in [1.54, 1.807) is 0 Å². The van der Waals surface area contributed by atoms with Crippen LogP contribution in [-0.2, 0) is 4.74 Å². The highest BCUT2D eigenvalue weighted by molar-refractivity contribution is 4.97. The van der Waals surface area contributed by atoms with E-state index in [1.165, 1.54) is 135 Å². The maximum Gasteiger partial charge on any atom is 0.0597 e. The van der Waals surface area contributed by atoms with Crippen LogP contribution in [0.5, 0.6) is 0 Å². The van der Waals surface area contributed by atoms with Gasteiger partial charge in [0.1, 0.15) is 0 Å². The number of hydrogen-bond donors (Lipinski definition) is 0. The second kappa shape index (κ2) is 11.3. The zero-order valence-corrected chi connectivity index (χ0v) is 20.3. The van der Waals surface area contributed by atoms with Crippen molar-refractivity contribution < 1.29 is 4.74 Å². The average Bonchev–Trinajstić information content (AvgIpc) is 3.24. The number of rotatable bonds is 7. The molecule has 0 aromatic heterocycles. The van der Waals surface area contributed by atoms with Crippen LogP contribution in [0.15, 0.2) is 0 Å². The molecular weight excluding hydrogens is 380 g/mol. The summed E-state index contributed by atoms with van der Waals surface area (Å²) in [6.45, 7) is 7.64. The largest absolute Gasteiger partial charge is 0.377 e. The third-order valence-corrected chi connectivity index (χ3v) is 9.91. The molecule has 3 heteroatoms. The zero-order valence-electron chi connectivity index (χ0n) is 20.3. The first kappa shape index (κ1) is 22.7. The maximum atomic E-state index is 6.26. The fraction of sp³-hybridized carbons (Fsp3) is 1.00. The zero-order chi connectivity index (χ0) is 20.9. The highest BCUT2D eigenvalue weighted by Crippen LogP contribution is 2.42. The Morgan fingerprint density at radius 3 is 1.84 bits per heavy atom. The van der Waals surface area contributed by atoms with Crippen LogP contribution in [0.3, 0.4) is 0 Å². The molecule has 2 unspecified atom stereocenters. The molecule has 2 aliphatic heterocycles. The van der Waals surface area contributed by atoms with E-state index < -0.39 is 0 Å². The lowest BCUT2D eigenvalue weighted by Gasteiger charge is -2.43. The standard InChI is InChI=1S/C28H50N2O/c1-4-10-23(11-5-1)28(24-12-6-2-7-13-24)30-21-25-16-17-29(20-26(25)22-30)18-19-31-27-14-8-3-9-15-27/h23-28H,1-22H2. The topological polar surface area (TPSA) is 15.7 Å². The molecule has 0 aromatic rings. The Labute approximate surface area is 192 Å². The van der Waals surface area contributed by atoms with E-state index in [9.17, 15) is 0 Å². The van der Waals surface area contributed by atoms with E-state index in [0.29, 0.717) is 6.10 Å². The van der Waals surface area contributed by atoms with Crippen molar-refractivity contribution in [1.29, 1.82) is 0 Å². The quantitative estimate of drug-likeness (QED) is 0.484. The van der Waals surface area contributed by atoms with E-state index in [4.69, 9.17) is 4.74 Å². The summed E-state index contributed by atoms with van der Waals surface area (Å²) >= 11 is 0. The van der Waals surface area contributed by atoms with E-state index >= 15 is 0 Å². The number of likely N-dealkylation sites (tertiary alicyclic amines) is 2. The van der Waals surface area contributed by atoms with E-state index in [1.807, 2.05) is 0 Å². The highest BCUT2D eigenvalue weighted by atomic mass is 16.5. The molecule has 3 nitrogen and oxygen atoms in total. The van der Waals surface area contributed by atoms with Gasteiger partial charge in [-0.25, -0.2) is 0 Å². The van der Waals surface area contributed by atoms with E-state index in [2.05, 4.69) is 9.80 Å². The molecule has 178 valence electrons. The Bertz CT molecular complexity index is 503. The first-order valence-corrected chi connectivity index (χ1v) is 14.4. The molecule has 5 aliphatic rings. The van der Waals surface area contributed by atoms with Gasteiger partial charge in [0.2, 0.25) is 0 Å². The summed E-state index contributed by atoms with van der Waals surface area (Å²) in [7, 11) is 0. The second-order valence-corrected chi connectivity index (χ2v) is 12.0. The molecule has 0 spiro atoms. The Balaban J connectivity index is 1.14. The van der Waals surface area contributed by atoms with Crippen LogP contribution in [0.25, 0.3) is 0 Å². The number of hydrogen-bond acceptors (Lipinski definition) is 3. The van der Waals surface area contributed by atoms with E-state index in [0.717, 1.165) is 36.3 Å². The van der Waals surface area contributed by atoms with Gasteiger partial charge in [-0.2, -0.15) is 0 Å². The van der Waals surface area contributed by atoms with Gasteiger partial charge < -0.3 is 9.64 Å². The highest BCUT2D eigenvalue weighted by Gasteiger charge is 2.43. The van der Waals surface area contributed by atoms with Crippen LogP contribution in [0, 0.1) is 23.7 Å². The molecule has 0 aromatic carbocycles. The molecule has 2 saturated heterocycles. The minimum absolute atomic E-state index is 0.569. The first-order chi connectivity index (χ1) is 15.4. The molecule has 5 rings (SSSR count). The van der Waals surface area contributed by atoms with Gasteiger partial charge >= 0.3 is 0 Å². The van der Waals surface area contributed by atoms with E-state index in [-0.39, 0.29) is 0 Å². The average molecular weight is 431 g/mol. The monoisotopic (exact) mass is 430 g/mol. The minimum Gasteiger partial charge on any atom is -0.377 e. The Morgan fingerprint density at radius 1 is 0.613 bits per heavy atom. The van der Waals surface area contributed by atoms with Crippen LogP contribution >= 0.6 is 0 Å². The lowest BCUT2D eigenvalue weighted by molar-refractivity contribution is 0.00873. The smallest absolute Gasteiger partial charge is 0.0597 e. The van der Waals surface area contributed by atoms with Gasteiger partial charge in [-0.3, -0.25) is 4.90 Å². The van der Waals surface area contributed by atoms with Gasteiger partial charge in [-0.15, -0.1) is 0 Å². The van der Waals surface area contributed by atoms with Crippen LogP contribution in [0.1, 0.15) is 103 Å². The Hall–Kier alpha value is -0.120. The lowest BCUT2D eigenvalue weighted by atomic mass is 9.73. The predicted octanol–water partition coefficient (Wildman–Crippen LogP) is 6.12. The predicted molar refractivity (Wildman–Crippen MR) is 129 cm³/mol. The fourth-order valence-corrected chi connectivity index (χ4v) is 8.24. The van der Waals surface area contributed by atoms with Crippen molar-refractivity contribution in [2.75, 3.05) is 39.3 Å². The molecule has 2 heterocycles. The van der Waals surface area contributed by atoms with Gasteiger partial charge in [0.25, 0.3) is 0 Å². The molecule has 0 bridgehead atoms. The number of fused-ring (bicyclic) bond motifs is 1.